The van der Waals surface area contributed by atoms with Crippen LogP contribution in [0.5, 0.6) is 17.2 Å². The van der Waals surface area contributed by atoms with E-state index in [1.165, 1.54) is 30.4 Å². The Labute approximate surface area is 144 Å². The molecule has 0 fully saturated rings. The first-order valence-corrected chi connectivity index (χ1v) is 7.80. The molecule has 0 aliphatic carbocycles. The summed E-state index contributed by atoms with van der Waals surface area (Å²) in [5.41, 5.74) is 2.38. The number of hydrogen-bond acceptors (Lipinski definition) is 4. The summed E-state index contributed by atoms with van der Waals surface area (Å²) in [6.45, 7) is 0.438. The second-order valence-corrected chi connectivity index (χ2v) is 5.66. The highest BCUT2D eigenvalue weighted by molar-refractivity contribution is 5.92. The van der Waals surface area contributed by atoms with Crippen molar-refractivity contribution < 1.29 is 20.1 Å². The maximum atomic E-state index is 11.9. The Hall–Kier alpha value is -3.41. The first kappa shape index (κ1) is 16.4. The zero-order valence-corrected chi connectivity index (χ0v) is 13.4. The number of aromatic hydroxyl groups is 3. The molecule has 0 bridgehead atoms. The highest BCUT2D eigenvalue weighted by Crippen LogP contribution is 2.24. The first-order valence-electron chi connectivity index (χ1n) is 7.80. The van der Waals surface area contributed by atoms with E-state index in [1.54, 1.807) is 18.2 Å². The molecule has 1 amide bonds. The average Bonchev–Trinajstić information content (AvgIpc) is 2.96. The molecule has 6 heteroatoms. The maximum absolute atomic E-state index is 11.9. The summed E-state index contributed by atoms with van der Waals surface area (Å²) in [6.07, 6.45) is 5.29. The van der Waals surface area contributed by atoms with Crippen LogP contribution in [0.1, 0.15) is 11.1 Å². The summed E-state index contributed by atoms with van der Waals surface area (Å²) >= 11 is 0. The summed E-state index contributed by atoms with van der Waals surface area (Å²) in [4.78, 5) is 15.0. The summed E-state index contributed by atoms with van der Waals surface area (Å²) in [5.74, 6) is -0.212. The number of H-pyrrole nitrogens is 1. The Bertz CT molecular complexity index is 944. The van der Waals surface area contributed by atoms with Gasteiger partial charge < -0.3 is 25.6 Å². The fraction of sp³-hybridized carbons (Fsp3) is 0.105. The predicted molar refractivity (Wildman–Crippen MR) is 95.5 cm³/mol. The number of carbonyl (C=O) groups is 1. The Morgan fingerprint density at radius 3 is 2.64 bits per heavy atom. The molecule has 5 N–H and O–H groups in total. The zero-order valence-electron chi connectivity index (χ0n) is 13.4. The third kappa shape index (κ3) is 3.92. The molecule has 0 spiro atoms. The van der Waals surface area contributed by atoms with Crippen molar-refractivity contribution in [3.05, 3.63) is 59.8 Å². The highest BCUT2D eigenvalue weighted by Gasteiger charge is 2.05. The van der Waals surface area contributed by atoms with Crippen LogP contribution in [0.15, 0.2) is 48.7 Å². The number of amides is 1. The van der Waals surface area contributed by atoms with Crippen LogP contribution >= 0.6 is 0 Å². The van der Waals surface area contributed by atoms with Crippen molar-refractivity contribution in [2.75, 3.05) is 6.54 Å². The van der Waals surface area contributed by atoms with Crippen LogP contribution in [0.2, 0.25) is 0 Å². The van der Waals surface area contributed by atoms with E-state index in [1.807, 2.05) is 6.20 Å². The zero-order chi connectivity index (χ0) is 17.8. The highest BCUT2D eigenvalue weighted by atomic mass is 16.3. The summed E-state index contributed by atoms with van der Waals surface area (Å²) < 4.78 is 0. The van der Waals surface area contributed by atoms with Gasteiger partial charge in [-0.2, -0.15) is 0 Å². The summed E-state index contributed by atoms with van der Waals surface area (Å²) in [7, 11) is 0. The van der Waals surface area contributed by atoms with Gasteiger partial charge in [0.2, 0.25) is 5.91 Å². The Kier molecular flexibility index (Phi) is 4.61. The Morgan fingerprint density at radius 1 is 1.08 bits per heavy atom. The van der Waals surface area contributed by atoms with E-state index in [0.717, 1.165) is 16.5 Å². The van der Waals surface area contributed by atoms with Gasteiger partial charge in [0, 0.05) is 41.4 Å². The lowest BCUT2D eigenvalue weighted by Gasteiger charge is -2.03. The van der Waals surface area contributed by atoms with Gasteiger partial charge in [-0.1, -0.05) is 0 Å². The topological polar surface area (TPSA) is 106 Å². The van der Waals surface area contributed by atoms with E-state index >= 15 is 0 Å². The SMILES string of the molecule is O=C(C=Cc1ccc(O)cc1O)NCCc1c[nH]c2ccc(O)cc12. The van der Waals surface area contributed by atoms with Gasteiger partial charge in [0.15, 0.2) is 0 Å². The average molecular weight is 338 g/mol. The van der Waals surface area contributed by atoms with Crippen molar-refractivity contribution in [3.8, 4) is 17.2 Å². The van der Waals surface area contributed by atoms with Gasteiger partial charge in [0.25, 0.3) is 0 Å². The molecule has 3 rings (SSSR count). The molecule has 0 saturated carbocycles. The van der Waals surface area contributed by atoms with Crippen LogP contribution in [0, 0.1) is 0 Å². The van der Waals surface area contributed by atoms with Crippen molar-refractivity contribution >= 4 is 22.9 Å². The molecule has 25 heavy (non-hydrogen) atoms. The molecule has 0 radical (unpaired) electrons. The van der Waals surface area contributed by atoms with E-state index < -0.39 is 0 Å². The third-order valence-electron chi connectivity index (χ3n) is 3.87. The molecule has 6 nitrogen and oxygen atoms in total. The lowest BCUT2D eigenvalue weighted by molar-refractivity contribution is -0.116. The largest absolute Gasteiger partial charge is 0.508 e. The van der Waals surface area contributed by atoms with Crippen LogP contribution in [0.25, 0.3) is 17.0 Å². The number of phenols is 3. The van der Waals surface area contributed by atoms with Crippen LogP contribution in [0.4, 0.5) is 0 Å². The van der Waals surface area contributed by atoms with Crippen molar-refractivity contribution in [1.82, 2.24) is 10.3 Å². The molecule has 128 valence electrons. The smallest absolute Gasteiger partial charge is 0.244 e. The molecule has 0 aliphatic rings. The molecule has 0 aliphatic heterocycles. The van der Waals surface area contributed by atoms with Crippen LogP contribution in [-0.4, -0.2) is 32.8 Å². The molecule has 0 unspecified atom stereocenters. The molecule has 0 atom stereocenters. The van der Waals surface area contributed by atoms with Crippen LogP contribution < -0.4 is 5.32 Å². The fourth-order valence-corrected chi connectivity index (χ4v) is 2.59. The second kappa shape index (κ2) is 7.00. The number of benzene rings is 2. The molecule has 1 heterocycles. The van der Waals surface area contributed by atoms with E-state index in [4.69, 9.17) is 0 Å². The van der Waals surface area contributed by atoms with Crippen molar-refractivity contribution in [2.24, 2.45) is 0 Å². The number of phenolic OH excluding ortho intramolecular Hbond substituents is 3. The molecular formula is C19H18N2O4. The fourth-order valence-electron chi connectivity index (χ4n) is 2.59. The van der Waals surface area contributed by atoms with Gasteiger partial charge in [-0.25, -0.2) is 0 Å². The first-order chi connectivity index (χ1) is 12.0. The molecule has 0 saturated heterocycles. The number of aromatic nitrogens is 1. The lowest BCUT2D eigenvalue weighted by atomic mass is 10.1. The minimum absolute atomic E-state index is 0.0381. The van der Waals surface area contributed by atoms with Gasteiger partial charge in [0.1, 0.15) is 17.2 Å². The molecular weight excluding hydrogens is 320 g/mol. The minimum Gasteiger partial charge on any atom is -0.508 e. The lowest BCUT2D eigenvalue weighted by Crippen LogP contribution is -2.23. The second-order valence-electron chi connectivity index (χ2n) is 5.66. The van der Waals surface area contributed by atoms with E-state index in [-0.39, 0.29) is 23.2 Å². The van der Waals surface area contributed by atoms with Crippen molar-refractivity contribution in [3.63, 3.8) is 0 Å². The number of nitrogens with one attached hydrogen (secondary N) is 2. The quantitative estimate of drug-likeness (QED) is 0.461. The van der Waals surface area contributed by atoms with Crippen LogP contribution in [-0.2, 0) is 11.2 Å². The number of rotatable bonds is 5. The summed E-state index contributed by atoms with van der Waals surface area (Å²) in [6, 6.07) is 9.28. The van der Waals surface area contributed by atoms with Gasteiger partial charge in [-0.05, 0) is 48.4 Å². The molecule has 3 aromatic rings. The van der Waals surface area contributed by atoms with E-state index in [9.17, 15) is 20.1 Å². The molecule has 2 aromatic carbocycles. The monoisotopic (exact) mass is 338 g/mol. The van der Waals surface area contributed by atoms with Gasteiger partial charge in [-0.3, -0.25) is 4.79 Å². The minimum atomic E-state index is -0.282. The Balaban J connectivity index is 1.57. The maximum Gasteiger partial charge on any atom is 0.244 e. The number of carbonyl (C=O) groups excluding carboxylic acids is 1. The van der Waals surface area contributed by atoms with Gasteiger partial charge >= 0.3 is 0 Å². The molecule has 1 aromatic heterocycles. The van der Waals surface area contributed by atoms with Gasteiger partial charge in [0.05, 0.1) is 0 Å². The van der Waals surface area contributed by atoms with Gasteiger partial charge in [-0.15, -0.1) is 0 Å². The van der Waals surface area contributed by atoms with Crippen molar-refractivity contribution in [2.45, 2.75) is 6.42 Å². The van der Waals surface area contributed by atoms with Crippen molar-refractivity contribution in [1.29, 1.82) is 0 Å². The number of aromatic amines is 1. The van der Waals surface area contributed by atoms with E-state index in [2.05, 4.69) is 10.3 Å². The predicted octanol–water partition coefficient (Wildman–Crippen LogP) is 2.66. The van der Waals surface area contributed by atoms with Crippen LogP contribution in [0.3, 0.4) is 0 Å². The number of fused-ring (bicyclic) bond motifs is 1. The third-order valence-corrected chi connectivity index (χ3v) is 3.87. The Morgan fingerprint density at radius 2 is 1.84 bits per heavy atom. The number of hydrogen-bond donors (Lipinski definition) is 5. The normalized spacial score (nSPS) is 11.2. The standard InChI is InChI=1S/C19H18N2O4/c22-14-4-5-17-16(9-14)13(11-21-17)7-8-20-19(25)6-2-12-1-3-15(23)10-18(12)24/h1-6,9-11,21-24H,7-8H2,(H,20,25). The summed E-state index contributed by atoms with van der Waals surface area (Å²) in [5, 5.41) is 32.2. The van der Waals surface area contributed by atoms with E-state index in [0.29, 0.717) is 18.5 Å².